The summed E-state index contributed by atoms with van der Waals surface area (Å²) in [6.45, 7) is 1.08. The molecule has 174 valence electrons. The lowest BCUT2D eigenvalue weighted by molar-refractivity contribution is -0.133. The highest BCUT2D eigenvalue weighted by atomic mass is 16.5. The van der Waals surface area contributed by atoms with Crippen LogP contribution in [0.1, 0.15) is 22.8 Å². The molecule has 1 aliphatic heterocycles. The van der Waals surface area contributed by atoms with E-state index >= 15 is 0 Å². The number of nitrogens with one attached hydrogen (secondary N) is 2. The predicted octanol–water partition coefficient (Wildman–Crippen LogP) is 3.04. The van der Waals surface area contributed by atoms with Gasteiger partial charge in [0.05, 0.1) is 25.5 Å². The summed E-state index contributed by atoms with van der Waals surface area (Å²) in [5.74, 6) is -1.47. The van der Waals surface area contributed by atoms with Crippen LogP contribution >= 0.6 is 0 Å². The van der Waals surface area contributed by atoms with Gasteiger partial charge in [0.2, 0.25) is 5.91 Å². The van der Waals surface area contributed by atoms with E-state index in [-0.39, 0.29) is 11.3 Å². The van der Waals surface area contributed by atoms with Crippen LogP contribution in [-0.2, 0) is 19.9 Å². The number of carbonyl (C=O) groups excluding carboxylic acids is 4. The minimum Gasteiger partial charge on any atom is -0.497 e. The van der Waals surface area contributed by atoms with Crippen LogP contribution in [-0.4, -0.2) is 49.5 Å². The molecule has 3 aromatic carbocycles. The number of hydrogen-bond acceptors (Lipinski definition) is 6. The molecule has 1 aliphatic rings. The molecule has 0 radical (unpaired) electrons. The number of ether oxygens (including phenoxy) is 2. The van der Waals surface area contributed by atoms with Crippen LogP contribution in [0, 0.1) is 0 Å². The molecule has 0 spiro atoms. The lowest BCUT2D eigenvalue weighted by Gasteiger charge is -2.22. The lowest BCUT2D eigenvalue weighted by Crippen LogP contribution is -2.42. The third-order valence-corrected chi connectivity index (χ3v) is 5.81. The molecule has 9 nitrogen and oxygen atoms in total. The molecule has 1 heterocycles. The highest BCUT2D eigenvalue weighted by Crippen LogP contribution is 2.31. The van der Waals surface area contributed by atoms with Crippen LogP contribution in [0.15, 0.2) is 60.7 Å². The van der Waals surface area contributed by atoms with Gasteiger partial charge in [-0.25, -0.2) is 9.59 Å². The van der Waals surface area contributed by atoms with Gasteiger partial charge < -0.3 is 20.1 Å². The summed E-state index contributed by atoms with van der Waals surface area (Å²) in [4.78, 5) is 51.6. The maximum absolute atomic E-state index is 13.2. The monoisotopic (exact) mass is 461 g/mol. The fraction of sp³-hybridized carbons (Fsp3) is 0.200. The molecule has 1 atom stereocenters. The van der Waals surface area contributed by atoms with E-state index in [2.05, 4.69) is 10.6 Å². The Morgan fingerprint density at radius 2 is 1.74 bits per heavy atom. The van der Waals surface area contributed by atoms with Crippen LogP contribution in [0.5, 0.6) is 5.75 Å². The number of nitrogens with zero attached hydrogens (tertiary/aromatic N) is 1. The fourth-order valence-electron chi connectivity index (χ4n) is 3.91. The van der Waals surface area contributed by atoms with Crippen LogP contribution in [0.3, 0.4) is 0 Å². The Balaban J connectivity index is 1.54. The third kappa shape index (κ3) is 4.03. The molecule has 0 aromatic heterocycles. The smallest absolute Gasteiger partial charge is 0.340 e. The number of anilines is 1. The Morgan fingerprint density at radius 1 is 1.00 bits per heavy atom. The van der Waals surface area contributed by atoms with E-state index in [1.807, 2.05) is 36.4 Å². The van der Waals surface area contributed by atoms with Crippen molar-refractivity contribution in [3.63, 3.8) is 0 Å². The first-order valence-corrected chi connectivity index (χ1v) is 10.5. The van der Waals surface area contributed by atoms with Gasteiger partial charge in [-0.05, 0) is 47.5 Å². The largest absolute Gasteiger partial charge is 0.497 e. The van der Waals surface area contributed by atoms with Crippen LogP contribution < -0.4 is 15.4 Å². The molecule has 0 saturated carbocycles. The first-order chi connectivity index (χ1) is 16.3. The summed E-state index contributed by atoms with van der Waals surface area (Å²) in [6.07, 6.45) is 0. The average molecular weight is 461 g/mol. The standard InChI is InChI=1S/C25H23N3O6/c1-25(17-9-8-15-6-4-5-7-16(15)12-17)23(31)28(24(32)27-25)14-21(29)26-20-11-10-18(33-2)13-19(20)22(30)34-3/h4-13H,14H2,1-3H3,(H,26,29)(H,27,32). The molecule has 34 heavy (non-hydrogen) atoms. The predicted molar refractivity (Wildman–Crippen MR) is 125 cm³/mol. The molecule has 1 saturated heterocycles. The van der Waals surface area contributed by atoms with Gasteiger partial charge in [0.15, 0.2) is 0 Å². The van der Waals surface area contributed by atoms with Gasteiger partial charge >= 0.3 is 12.0 Å². The van der Waals surface area contributed by atoms with Crippen molar-refractivity contribution in [2.45, 2.75) is 12.5 Å². The fourth-order valence-corrected chi connectivity index (χ4v) is 3.91. The number of benzene rings is 3. The van der Waals surface area contributed by atoms with Crippen molar-refractivity contribution in [2.24, 2.45) is 0 Å². The first-order valence-electron chi connectivity index (χ1n) is 10.5. The van der Waals surface area contributed by atoms with Crippen molar-refractivity contribution in [1.82, 2.24) is 10.2 Å². The maximum atomic E-state index is 13.2. The zero-order valence-corrected chi connectivity index (χ0v) is 18.9. The Kier molecular flexibility index (Phi) is 5.93. The molecule has 1 fully saturated rings. The number of esters is 1. The van der Waals surface area contributed by atoms with Gasteiger partial charge in [0.1, 0.15) is 17.8 Å². The number of carbonyl (C=O) groups is 4. The summed E-state index contributed by atoms with van der Waals surface area (Å²) in [6, 6.07) is 17.0. The Morgan fingerprint density at radius 3 is 2.44 bits per heavy atom. The number of amides is 4. The van der Waals surface area contributed by atoms with Gasteiger partial charge in [0.25, 0.3) is 5.91 Å². The molecular formula is C25H23N3O6. The number of methoxy groups -OCH3 is 2. The zero-order chi connectivity index (χ0) is 24.5. The van der Waals surface area contributed by atoms with Crippen LogP contribution in [0.25, 0.3) is 10.8 Å². The van der Waals surface area contributed by atoms with Crippen molar-refractivity contribution < 1.29 is 28.7 Å². The van der Waals surface area contributed by atoms with E-state index in [0.717, 1.165) is 15.7 Å². The van der Waals surface area contributed by atoms with Gasteiger partial charge in [-0.1, -0.05) is 36.4 Å². The minimum absolute atomic E-state index is 0.0772. The highest BCUT2D eigenvalue weighted by Gasteiger charge is 2.49. The number of fused-ring (bicyclic) bond motifs is 1. The minimum atomic E-state index is -1.32. The number of urea groups is 1. The zero-order valence-electron chi connectivity index (χ0n) is 18.9. The molecule has 4 rings (SSSR count). The number of imide groups is 1. The van der Waals surface area contributed by atoms with Crippen molar-refractivity contribution in [2.75, 3.05) is 26.1 Å². The molecule has 1 unspecified atom stereocenters. The maximum Gasteiger partial charge on any atom is 0.340 e. The average Bonchev–Trinajstić information content (AvgIpc) is 3.07. The van der Waals surface area contributed by atoms with Gasteiger partial charge in [-0.15, -0.1) is 0 Å². The van der Waals surface area contributed by atoms with E-state index in [0.29, 0.717) is 11.3 Å². The van der Waals surface area contributed by atoms with E-state index < -0.39 is 35.9 Å². The summed E-state index contributed by atoms with van der Waals surface area (Å²) in [5, 5.41) is 7.20. The molecule has 2 N–H and O–H groups in total. The third-order valence-electron chi connectivity index (χ3n) is 5.81. The van der Waals surface area contributed by atoms with Gasteiger partial charge in [0, 0.05) is 0 Å². The second-order valence-electron chi connectivity index (χ2n) is 7.96. The van der Waals surface area contributed by atoms with E-state index in [1.165, 1.54) is 26.4 Å². The summed E-state index contributed by atoms with van der Waals surface area (Å²) in [7, 11) is 2.66. The number of rotatable bonds is 6. The molecule has 0 aliphatic carbocycles. The van der Waals surface area contributed by atoms with E-state index in [1.54, 1.807) is 19.1 Å². The van der Waals surface area contributed by atoms with Crippen molar-refractivity contribution >= 4 is 40.3 Å². The van der Waals surface area contributed by atoms with E-state index in [9.17, 15) is 19.2 Å². The van der Waals surface area contributed by atoms with Crippen molar-refractivity contribution in [3.8, 4) is 5.75 Å². The van der Waals surface area contributed by atoms with Crippen molar-refractivity contribution in [1.29, 1.82) is 0 Å². The quantitative estimate of drug-likeness (QED) is 0.431. The molecule has 3 aromatic rings. The Labute approximate surface area is 195 Å². The second-order valence-corrected chi connectivity index (χ2v) is 7.96. The van der Waals surface area contributed by atoms with E-state index in [4.69, 9.17) is 9.47 Å². The molecule has 4 amide bonds. The summed E-state index contributed by atoms with van der Waals surface area (Å²) < 4.78 is 9.87. The molecule has 9 heteroatoms. The topological polar surface area (TPSA) is 114 Å². The Hall–Kier alpha value is -4.40. The normalized spacial score (nSPS) is 17.4. The molecular weight excluding hydrogens is 438 g/mol. The summed E-state index contributed by atoms with van der Waals surface area (Å²) in [5.41, 5.74) is -0.468. The molecule has 0 bridgehead atoms. The van der Waals surface area contributed by atoms with Crippen molar-refractivity contribution in [3.05, 3.63) is 71.8 Å². The Bertz CT molecular complexity index is 1320. The first kappa shape index (κ1) is 22.8. The lowest BCUT2D eigenvalue weighted by atomic mass is 9.90. The SMILES string of the molecule is COC(=O)c1cc(OC)ccc1NC(=O)CN1C(=O)NC(C)(c2ccc3ccccc3c2)C1=O. The van der Waals surface area contributed by atoms with Gasteiger partial charge in [-0.2, -0.15) is 0 Å². The second kappa shape index (κ2) is 8.86. The highest BCUT2D eigenvalue weighted by molar-refractivity contribution is 6.11. The van der Waals surface area contributed by atoms with Crippen LogP contribution in [0.2, 0.25) is 0 Å². The number of hydrogen-bond donors (Lipinski definition) is 2. The van der Waals surface area contributed by atoms with Gasteiger partial charge in [-0.3, -0.25) is 14.5 Å². The summed E-state index contributed by atoms with van der Waals surface area (Å²) >= 11 is 0. The van der Waals surface area contributed by atoms with Crippen LogP contribution in [0.4, 0.5) is 10.5 Å².